The van der Waals surface area contributed by atoms with E-state index in [0.29, 0.717) is 17.4 Å². The summed E-state index contributed by atoms with van der Waals surface area (Å²) in [6.07, 6.45) is 2.47. The minimum absolute atomic E-state index is 0.0282. The number of aliphatic hydroxyl groups is 1. The first-order valence-corrected chi connectivity index (χ1v) is 8.89. The number of phenols is 1. The average Bonchev–Trinajstić information content (AvgIpc) is 3.04. The van der Waals surface area contributed by atoms with Gasteiger partial charge < -0.3 is 19.5 Å². The first-order valence-electron chi connectivity index (χ1n) is 8.89. The largest absolute Gasteiger partial charge is 0.507 e. The standard InChI is InChI=1S/C22H21NO5/c1-3-28-22(27)20(26)11-19(25)16-13-23(12-15-8-5-4-7-14(15)2)17-9-6-10-18(24)21(16)17/h4-11,13,24-25H,3,12H2,1-2H3/b19-11-. The highest BCUT2D eigenvalue weighted by Crippen LogP contribution is 2.33. The maximum absolute atomic E-state index is 11.9. The highest BCUT2D eigenvalue weighted by Gasteiger charge is 2.19. The van der Waals surface area contributed by atoms with Crippen LogP contribution in [0.5, 0.6) is 5.75 Å². The van der Waals surface area contributed by atoms with E-state index in [1.807, 2.05) is 41.8 Å². The number of fused-ring (bicyclic) bond motifs is 1. The van der Waals surface area contributed by atoms with E-state index in [1.54, 1.807) is 19.2 Å². The molecule has 0 saturated heterocycles. The van der Waals surface area contributed by atoms with Crippen molar-refractivity contribution in [1.29, 1.82) is 0 Å². The molecule has 0 aliphatic carbocycles. The number of aromatic nitrogens is 1. The van der Waals surface area contributed by atoms with Crippen molar-refractivity contribution in [2.75, 3.05) is 6.61 Å². The Labute approximate surface area is 162 Å². The summed E-state index contributed by atoms with van der Waals surface area (Å²) >= 11 is 0. The average molecular weight is 379 g/mol. The predicted octanol–water partition coefficient (Wildman–Crippen LogP) is 3.73. The Bertz CT molecular complexity index is 1080. The topological polar surface area (TPSA) is 88.8 Å². The maximum Gasteiger partial charge on any atom is 0.379 e. The fourth-order valence-corrected chi connectivity index (χ4v) is 3.09. The summed E-state index contributed by atoms with van der Waals surface area (Å²) in [6, 6.07) is 12.9. The summed E-state index contributed by atoms with van der Waals surface area (Å²) in [7, 11) is 0. The van der Waals surface area contributed by atoms with Crippen LogP contribution in [0.3, 0.4) is 0 Å². The lowest BCUT2D eigenvalue weighted by atomic mass is 10.1. The molecule has 0 aliphatic heterocycles. The lowest BCUT2D eigenvalue weighted by Crippen LogP contribution is -2.15. The van der Waals surface area contributed by atoms with Gasteiger partial charge in [0.25, 0.3) is 5.78 Å². The van der Waals surface area contributed by atoms with E-state index >= 15 is 0 Å². The Kier molecular flexibility index (Phi) is 5.49. The van der Waals surface area contributed by atoms with Crippen LogP contribution in [0.4, 0.5) is 0 Å². The molecule has 0 amide bonds. The number of carbonyl (C=O) groups is 2. The second-order valence-electron chi connectivity index (χ2n) is 6.38. The van der Waals surface area contributed by atoms with Crippen LogP contribution in [0, 0.1) is 6.92 Å². The second-order valence-corrected chi connectivity index (χ2v) is 6.38. The van der Waals surface area contributed by atoms with Crippen molar-refractivity contribution in [3.8, 4) is 5.75 Å². The number of hydrogen-bond donors (Lipinski definition) is 2. The molecule has 3 aromatic rings. The smallest absolute Gasteiger partial charge is 0.379 e. The SMILES string of the molecule is CCOC(=O)C(=O)/C=C(\O)c1cn(Cc2ccccc2C)c2cccc(O)c12. The van der Waals surface area contributed by atoms with Crippen molar-refractivity contribution in [3.63, 3.8) is 0 Å². The van der Waals surface area contributed by atoms with Crippen LogP contribution >= 0.6 is 0 Å². The number of aryl methyl sites for hydroxylation is 1. The van der Waals surface area contributed by atoms with Gasteiger partial charge in [-0.25, -0.2) is 4.79 Å². The van der Waals surface area contributed by atoms with E-state index < -0.39 is 17.5 Å². The lowest BCUT2D eigenvalue weighted by Gasteiger charge is -2.08. The van der Waals surface area contributed by atoms with Gasteiger partial charge >= 0.3 is 5.97 Å². The third-order valence-electron chi connectivity index (χ3n) is 4.51. The number of ketones is 1. The molecule has 0 spiro atoms. The molecule has 0 fully saturated rings. The summed E-state index contributed by atoms with van der Waals surface area (Å²) in [5.74, 6) is -2.44. The minimum atomic E-state index is -1.04. The van der Waals surface area contributed by atoms with Gasteiger partial charge in [0, 0.05) is 24.4 Å². The van der Waals surface area contributed by atoms with Crippen molar-refractivity contribution in [2.24, 2.45) is 0 Å². The van der Waals surface area contributed by atoms with E-state index in [2.05, 4.69) is 4.74 Å². The summed E-state index contributed by atoms with van der Waals surface area (Å²) in [4.78, 5) is 23.4. The Morgan fingerprint density at radius 1 is 1.14 bits per heavy atom. The number of aromatic hydroxyl groups is 1. The third-order valence-corrected chi connectivity index (χ3v) is 4.51. The van der Waals surface area contributed by atoms with Crippen molar-refractivity contribution < 1.29 is 24.5 Å². The molecule has 1 heterocycles. The molecule has 2 aromatic carbocycles. The van der Waals surface area contributed by atoms with Crippen LogP contribution in [0.25, 0.3) is 16.7 Å². The summed E-state index contributed by atoms with van der Waals surface area (Å²) in [5, 5.41) is 21.2. The van der Waals surface area contributed by atoms with Crippen LogP contribution in [0.1, 0.15) is 23.6 Å². The van der Waals surface area contributed by atoms with Gasteiger partial charge in [0.15, 0.2) is 0 Å². The molecule has 0 atom stereocenters. The molecule has 6 nitrogen and oxygen atoms in total. The fraction of sp³-hybridized carbons (Fsp3) is 0.182. The van der Waals surface area contributed by atoms with Gasteiger partial charge in [-0.1, -0.05) is 30.3 Å². The van der Waals surface area contributed by atoms with Gasteiger partial charge in [-0.2, -0.15) is 0 Å². The highest BCUT2D eigenvalue weighted by atomic mass is 16.5. The molecular weight excluding hydrogens is 358 g/mol. The molecular formula is C22H21NO5. The minimum Gasteiger partial charge on any atom is -0.507 e. The van der Waals surface area contributed by atoms with Gasteiger partial charge in [0.05, 0.1) is 17.5 Å². The molecule has 144 valence electrons. The van der Waals surface area contributed by atoms with Gasteiger partial charge in [-0.05, 0) is 37.1 Å². The Morgan fingerprint density at radius 2 is 1.89 bits per heavy atom. The van der Waals surface area contributed by atoms with Gasteiger partial charge in [0.2, 0.25) is 0 Å². The molecule has 6 heteroatoms. The van der Waals surface area contributed by atoms with Gasteiger partial charge in [-0.3, -0.25) is 4.79 Å². The van der Waals surface area contributed by atoms with Crippen LogP contribution in [-0.4, -0.2) is 33.1 Å². The van der Waals surface area contributed by atoms with E-state index in [-0.39, 0.29) is 17.9 Å². The molecule has 28 heavy (non-hydrogen) atoms. The van der Waals surface area contributed by atoms with Crippen LogP contribution in [-0.2, 0) is 20.9 Å². The van der Waals surface area contributed by atoms with E-state index in [0.717, 1.165) is 17.2 Å². The van der Waals surface area contributed by atoms with Crippen molar-refractivity contribution in [2.45, 2.75) is 20.4 Å². The van der Waals surface area contributed by atoms with E-state index in [1.165, 1.54) is 6.07 Å². The molecule has 1 aromatic heterocycles. The third kappa shape index (κ3) is 3.76. The number of aliphatic hydroxyl groups excluding tert-OH is 1. The van der Waals surface area contributed by atoms with Gasteiger partial charge in [-0.15, -0.1) is 0 Å². The zero-order chi connectivity index (χ0) is 20.3. The fourth-order valence-electron chi connectivity index (χ4n) is 3.09. The molecule has 0 bridgehead atoms. The summed E-state index contributed by atoms with van der Waals surface area (Å²) < 4.78 is 6.53. The number of nitrogens with zero attached hydrogens (tertiary/aromatic N) is 1. The van der Waals surface area contributed by atoms with E-state index in [9.17, 15) is 19.8 Å². The first-order chi connectivity index (χ1) is 13.4. The summed E-state index contributed by atoms with van der Waals surface area (Å²) in [6.45, 7) is 4.18. The van der Waals surface area contributed by atoms with Crippen LogP contribution in [0.2, 0.25) is 0 Å². The number of ether oxygens (including phenoxy) is 1. The zero-order valence-electron chi connectivity index (χ0n) is 15.7. The normalized spacial score (nSPS) is 11.6. The number of benzene rings is 2. The number of carbonyl (C=O) groups excluding carboxylic acids is 2. The van der Waals surface area contributed by atoms with Crippen molar-refractivity contribution >= 4 is 28.4 Å². The molecule has 0 radical (unpaired) electrons. The molecule has 0 unspecified atom stereocenters. The number of phenolic OH excluding ortho intramolecular Hbond substituents is 1. The predicted molar refractivity (Wildman–Crippen MR) is 106 cm³/mol. The Hall–Kier alpha value is -3.54. The number of esters is 1. The second kappa shape index (κ2) is 8.00. The Balaban J connectivity index is 2.07. The zero-order valence-corrected chi connectivity index (χ0v) is 15.7. The number of rotatable bonds is 6. The monoisotopic (exact) mass is 379 g/mol. The van der Waals surface area contributed by atoms with E-state index in [4.69, 9.17) is 0 Å². The molecule has 3 rings (SSSR count). The maximum atomic E-state index is 11.9. The lowest BCUT2D eigenvalue weighted by molar-refractivity contribution is -0.151. The van der Waals surface area contributed by atoms with Crippen molar-refractivity contribution in [3.05, 3.63) is 71.4 Å². The van der Waals surface area contributed by atoms with Crippen LogP contribution in [0.15, 0.2) is 54.7 Å². The quantitative estimate of drug-likeness (QED) is 0.295. The molecule has 0 saturated carbocycles. The molecule has 2 N–H and O–H groups in total. The van der Waals surface area contributed by atoms with Crippen molar-refractivity contribution in [1.82, 2.24) is 4.57 Å². The first kappa shape index (κ1) is 19.2. The Morgan fingerprint density at radius 3 is 2.61 bits per heavy atom. The highest BCUT2D eigenvalue weighted by molar-refractivity contribution is 6.39. The molecule has 0 aliphatic rings. The number of hydrogen-bond acceptors (Lipinski definition) is 5. The van der Waals surface area contributed by atoms with Gasteiger partial charge in [0.1, 0.15) is 11.5 Å². The summed E-state index contributed by atoms with van der Waals surface area (Å²) in [5.41, 5.74) is 3.16. The van der Waals surface area contributed by atoms with Crippen LogP contribution < -0.4 is 0 Å².